The molecule has 0 amide bonds. The molecule has 0 unspecified atom stereocenters. The van der Waals surface area contributed by atoms with Crippen molar-refractivity contribution in [2.24, 2.45) is 0 Å². The molecule has 9 nitrogen and oxygen atoms in total. The van der Waals surface area contributed by atoms with E-state index in [2.05, 4.69) is 26.8 Å². The predicted octanol–water partition coefficient (Wildman–Crippen LogP) is 5.20. The zero-order valence-electron chi connectivity index (χ0n) is 25.6. The fourth-order valence-corrected chi connectivity index (χ4v) is 7.57. The molecule has 4 aliphatic heterocycles. The first-order chi connectivity index (χ1) is 22.6. The van der Waals surface area contributed by atoms with Crippen molar-refractivity contribution < 1.29 is 44.6 Å². The van der Waals surface area contributed by atoms with Crippen molar-refractivity contribution in [1.29, 1.82) is 0 Å². The summed E-state index contributed by atoms with van der Waals surface area (Å²) in [5, 5.41) is 2.74. The number of pyridine rings is 1. The number of nitrogen functional groups attached to an aromatic ring is 1. The minimum atomic E-state index is -5.20. The van der Waals surface area contributed by atoms with E-state index in [1.165, 1.54) is 4.90 Å². The molecule has 3 fully saturated rings. The van der Waals surface area contributed by atoms with Crippen LogP contribution in [0.3, 0.4) is 0 Å². The van der Waals surface area contributed by atoms with Crippen molar-refractivity contribution >= 4 is 22.4 Å². The third kappa shape index (κ3) is 5.07. The number of nitrogens with zero attached hydrogens (tertiary/aromatic N) is 5. The molecular weight excluding hydrogens is 654 g/mol. The molecule has 0 spiro atoms. The number of hydrogen-bond acceptors (Lipinski definition) is 9. The number of rotatable bonds is 6. The van der Waals surface area contributed by atoms with Crippen molar-refractivity contribution in [2.75, 3.05) is 50.0 Å². The normalized spacial score (nSPS) is 25.9. The Labute approximate surface area is 269 Å². The van der Waals surface area contributed by atoms with Gasteiger partial charge in [0.2, 0.25) is 5.88 Å². The van der Waals surface area contributed by atoms with Crippen molar-refractivity contribution in [3.8, 4) is 23.1 Å². The van der Waals surface area contributed by atoms with Crippen LogP contribution in [0.5, 0.6) is 11.9 Å². The quantitative estimate of drug-likeness (QED) is 0.206. The van der Waals surface area contributed by atoms with E-state index in [1.54, 1.807) is 0 Å². The van der Waals surface area contributed by atoms with Crippen LogP contribution >= 0.6 is 0 Å². The first kappa shape index (κ1) is 32.6. The van der Waals surface area contributed by atoms with Crippen LogP contribution in [-0.4, -0.2) is 89.0 Å². The van der Waals surface area contributed by atoms with Gasteiger partial charge in [-0.3, -0.25) is 4.90 Å². The van der Waals surface area contributed by atoms with E-state index in [0.717, 1.165) is 13.3 Å². The number of fused-ring (bicyclic) bond motifs is 3. The standard InChI is InChI=1S/C31H31F8N7O2/c1-3-30(35,36)25-18-11-41-6-8-46(18)26-19-24(43-28(44-26)47-13-29-5-4-7-45(29)12-15(32)10-29)22(34)23(42-27(19)48-25)16-9-17(40)21(33)14(2)20(16)31(37,38)39/h3,9,15,18,25,41H,1,4-8,10-13,40H2,2H3/t15-,18-,25+,29+/m1/s1. The lowest BCUT2D eigenvalue weighted by Gasteiger charge is -2.41. The lowest BCUT2D eigenvalue weighted by Crippen LogP contribution is -2.61. The number of aromatic nitrogens is 3. The molecule has 3 aromatic rings. The lowest BCUT2D eigenvalue weighted by atomic mass is 9.95. The van der Waals surface area contributed by atoms with Crippen LogP contribution in [0.25, 0.3) is 22.2 Å². The molecule has 258 valence electrons. The number of nitrogens with two attached hydrogens (primary N) is 1. The van der Waals surface area contributed by atoms with Gasteiger partial charge in [-0.15, -0.1) is 0 Å². The number of ether oxygens (including phenoxy) is 2. The van der Waals surface area contributed by atoms with E-state index in [-0.39, 0.29) is 43.9 Å². The molecule has 3 saturated heterocycles. The minimum absolute atomic E-state index is 0.0407. The molecule has 4 atom stereocenters. The molecule has 2 aromatic heterocycles. The van der Waals surface area contributed by atoms with Crippen LogP contribution in [0.4, 0.5) is 46.6 Å². The van der Waals surface area contributed by atoms with E-state index in [4.69, 9.17) is 15.2 Å². The molecule has 0 radical (unpaired) electrons. The average molecular weight is 686 g/mol. The Balaban J connectivity index is 1.47. The van der Waals surface area contributed by atoms with Crippen LogP contribution < -0.4 is 25.4 Å². The topological polar surface area (TPSA) is 102 Å². The summed E-state index contributed by atoms with van der Waals surface area (Å²) < 4.78 is 132. The minimum Gasteiger partial charge on any atom is -0.465 e. The largest absolute Gasteiger partial charge is 0.465 e. The highest BCUT2D eigenvalue weighted by Gasteiger charge is 2.52. The summed E-state index contributed by atoms with van der Waals surface area (Å²) in [4.78, 5) is 16.2. The number of alkyl halides is 6. The molecule has 1 aromatic carbocycles. The number of halogens is 8. The molecule has 7 rings (SSSR count). The van der Waals surface area contributed by atoms with E-state index in [0.29, 0.717) is 31.7 Å². The zero-order valence-corrected chi connectivity index (χ0v) is 25.6. The van der Waals surface area contributed by atoms with E-state index in [9.17, 15) is 22.0 Å². The Morgan fingerprint density at radius 2 is 1.94 bits per heavy atom. The first-order valence-corrected chi connectivity index (χ1v) is 15.4. The fourth-order valence-electron chi connectivity index (χ4n) is 7.57. The third-order valence-electron chi connectivity index (χ3n) is 9.80. The maximum Gasteiger partial charge on any atom is 0.417 e. The molecule has 4 aliphatic rings. The molecule has 17 heteroatoms. The summed E-state index contributed by atoms with van der Waals surface area (Å²) in [5.41, 5.74) is -0.761. The lowest BCUT2D eigenvalue weighted by molar-refractivity contribution is -0.137. The fraction of sp³-hybridized carbons (Fsp3) is 0.516. The van der Waals surface area contributed by atoms with Gasteiger partial charge in [0.05, 0.1) is 22.8 Å². The summed E-state index contributed by atoms with van der Waals surface area (Å²) in [6.07, 6.45) is -6.31. The summed E-state index contributed by atoms with van der Waals surface area (Å²) in [6.45, 7) is 5.23. The van der Waals surface area contributed by atoms with Gasteiger partial charge in [-0.1, -0.05) is 6.58 Å². The Hall–Kier alpha value is -3.99. The molecule has 0 saturated carbocycles. The maximum absolute atomic E-state index is 16.7. The SMILES string of the molecule is C=CC(F)(F)[C@H]1Oc2nc(-c3cc(N)c(F)c(C)c3C(F)(F)F)c(F)c3nc(OC[C@@]45CCCN4C[C@H](F)C5)nc(c23)N2CCNC[C@H]12. The van der Waals surface area contributed by atoms with Crippen LogP contribution in [0.15, 0.2) is 18.7 Å². The maximum atomic E-state index is 16.7. The molecule has 0 bridgehead atoms. The van der Waals surface area contributed by atoms with Gasteiger partial charge in [0.1, 0.15) is 41.0 Å². The smallest absolute Gasteiger partial charge is 0.417 e. The van der Waals surface area contributed by atoms with Gasteiger partial charge < -0.3 is 25.4 Å². The summed E-state index contributed by atoms with van der Waals surface area (Å²) in [7, 11) is 0. The van der Waals surface area contributed by atoms with Crippen LogP contribution in [0, 0.1) is 18.6 Å². The average Bonchev–Trinajstić information content (AvgIpc) is 3.51. The van der Waals surface area contributed by atoms with Crippen LogP contribution in [0.1, 0.15) is 30.4 Å². The van der Waals surface area contributed by atoms with Crippen molar-refractivity contribution in [2.45, 2.75) is 62.1 Å². The molecule has 0 aliphatic carbocycles. The second kappa shape index (κ2) is 11.3. The zero-order chi connectivity index (χ0) is 34.3. The third-order valence-corrected chi connectivity index (χ3v) is 9.80. The Kier molecular flexibility index (Phi) is 7.65. The van der Waals surface area contributed by atoms with Crippen molar-refractivity contribution in [3.63, 3.8) is 0 Å². The number of benzene rings is 1. The highest BCUT2D eigenvalue weighted by atomic mass is 19.4. The summed E-state index contributed by atoms with van der Waals surface area (Å²) in [6, 6.07) is -0.964. The van der Waals surface area contributed by atoms with E-state index >= 15 is 13.2 Å². The van der Waals surface area contributed by atoms with E-state index < -0.39 is 93.1 Å². The van der Waals surface area contributed by atoms with Crippen molar-refractivity contribution in [1.82, 2.24) is 25.2 Å². The monoisotopic (exact) mass is 685 g/mol. The second-order valence-electron chi connectivity index (χ2n) is 12.7. The highest BCUT2D eigenvalue weighted by Crippen LogP contribution is 2.48. The number of nitrogens with one attached hydrogen (secondary N) is 1. The number of anilines is 2. The Morgan fingerprint density at radius 3 is 2.67 bits per heavy atom. The van der Waals surface area contributed by atoms with Gasteiger partial charge in [0.25, 0.3) is 0 Å². The second-order valence-corrected chi connectivity index (χ2v) is 12.7. The van der Waals surface area contributed by atoms with Crippen molar-refractivity contribution in [3.05, 3.63) is 41.5 Å². The molecule has 6 heterocycles. The highest BCUT2D eigenvalue weighted by molar-refractivity contribution is 5.97. The molecular formula is C31H31F8N7O2. The number of piperazine rings is 1. The van der Waals surface area contributed by atoms with Gasteiger partial charge in [0, 0.05) is 38.2 Å². The van der Waals surface area contributed by atoms with Gasteiger partial charge in [-0.05, 0) is 44.0 Å². The van der Waals surface area contributed by atoms with Gasteiger partial charge in [-0.2, -0.15) is 31.9 Å². The molecule has 3 N–H and O–H groups in total. The van der Waals surface area contributed by atoms with Crippen LogP contribution in [-0.2, 0) is 6.18 Å². The van der Waals surface area contributed by atoms with Gasteiger partial charge in [0.15, 0.2) is 11.9 Å². The Bertz CT molecular complexity index is 1810. The summed E-state index contributed by atoms with van der Waals surface area (Å²) >= 11 is 0. The Morgan fingerprint density at radius 1 is 1.17 bits per heavy atom. The van der Waals surface area contributed by atoms with E-state index in [1.807, 2.05) is 4.90 Å². The first-order valence-electron chi connectivity index (χ1n) is 15.4. The van der Waals surface area contributed by atoms with Gasteiger partial charge in [-0.25, -0.2) is 18.2 Å². The molecule has 48 heavy (non-hydrogen) atoms. The number of hydrogen-bond donors (Lipinski definition) is 2. The van der Waals surface area contributed by atoms with Gasteiger partial charge >= 0.3 is 18.1 Å². The predicted molar refractivity (Wildman–Crippen MR) is 159 cm³/mol. The van der Waals surface area contributed by atoms with Crippen LogP contribution in [0.2, 0.25) is 0 Å². The summed E-state index contributed by atoms with van der Waals surface area (Å²) in [5.74, 6) is -7.22.